The van der Waals surface area contributed by atoms with E-state index in [9.17, 15) is 4.79 Å². The van der Waals surface area contributed by atoms with Gasteiger partial charge in [0, 0.05) is 17.4 Å². The normalized spacial score (nSPS) is 22.3. The summed E-state index contributed by atoms with van der Waals surface area (Å²) in [6, 6.07) is 18.4. The molecule has 2 aliphatic carbocycles. The minimum atomic E-state index is 0.155. The van der Waals surface area contributed by atoms with E-state index < -0.39 is 0 Å². The average Bonchev–Trinajstić information content (AvgIpc) is 3.21. The highest BCUT2D eigenvalue weighted by atomic mass is 16.1. The van der Waals surface area contributed by atoms with Gasteiger partial charge in [0.15, 0.2) is 5.78 Å². The molecule has 1 fully saturated rings. The molecule has 0 N–H and O–H groups in total. The Morgan fingerprint density at radius 2 is 1.62 bits per heavy atom. The maximum atomic E-state index is 12.6. The minimum absolute atomic E-state index is 0.155. The van der Waals surface area contributed by atoms with Crippen LogP contribution in [0.1, 0.15) is 33.8 Å². The van der Waals surface area contributed by atoms with E-state index in [0.717, 1.165) is 12.0 Å². The summed E-state index contributed by atoms with van der Waals surface area (Å²) < 4.78 is 0. The van der Waals surface area contributed by atoms with E-state index in [1.807, 2.05) is 30.3 Å². The Morgan fingerprint density at radius 3 is 2.33 bits per heavy atom. The van der Waals surface area contributed by atoms with Crippen molar-refractivity contribution in [2.75, 3.05) is 0 Å². The van der Waals surface area contributed by atoms with Gasteiger partial charge in [-0.15, -0.1) is 0 Å². The zero-order chi connectivity index (χ0) is 16.4. The molecule has 0 bridgehead atoms. The van der Waals surface area contributed by atoms with Crippen molar-refractivity contribution >= 4 is 11.9 Å². The first-order valence-corrected chi connectivity index (χ1v) is 8.54. The van der Waals surface area contributed by atoms with E-state index in [2.05, 4.69) is 60.7 Å². The van der Waals surface area contributed by atoms with Gasteiger partial charge in [-0.05, 0) is 23.5 Å². The molecule has 0 spiro atoms. The summed E-state index contributed by atoms with van der Waals surface area (Å²) in [6.07, 6.45) is 13.7. The summed E-state index contributed by atoms with van der Waals surface area (Å²) >= 11 is 0. The molecule has 24 heavy (non-hydrogen) atoms. The van der Waals surface area contributed by atoms with Gasteiger partial charge in [-0.3, -0.25) is 4.79 Å². The van der Waals surface area contributed by atoms with Crippen molar-refractivity contribution in [2.24, 2.45) is 11.8 Å². The second kappa shape index (κ2) is 6.45. The lowest BCUT2D eigenvalue weighted by molar-refractivity contribution is 0.0964. The van der Waals surface area contributed by atoms with Crippen LogP contribution in [0.2, 0.25) is 0 Å². The Kier molecular flexibility index (Phi) is 4.00. The maximum Gasteiger partial charge on any atom is 0.166 e. The molecular formula is C23H20O. The summed E-state index contributed by atoms with van der Waals surface area (Å²) in [6.45, 7) is 0. The third-order valence-corrected chi connectivity index (χ3v) is 4.84. The number of hydrogen-bond acceptors (Lipinski definition) is 1. The van der Waals surface area contributed by atoms with Crippen LogP contribution in [0.4, 0.5) is 0 Å². The first-order chi connectivity index (χ1) is 11.8. The summed E-state index contributed by atoms with van der Waals surface area (Å²) in [5.74, 6) is 1.18. The molecule has 0 saturated heterocycles. The summed E-state index contributed by atoms with van der Waals surface area (Å²) in [5.41, 5.74) is 3.27. The lowest BCUT2D eigenvalue weighted by atomic mass is 9.97. The number of rotatable bonds is 5. The van der Waals surface area contributed by atoms with Gasteiger partial charge >= 0.3 is 0 Å². The first kappa shape index (κ1) is 14.9. The average molecular weight is 312 g/mol. The number of Topliss-reactive ketones (excluding diaryl/α,β-unsaturated/α-hetero) is 1. The second-order valence-corrected chi connectivity index (χ2v) is 6.56. The highest BCUT2D eigenvalue weighted by Gasteiger charge is 2.41. The summed E-state index contributed by atoms with van der Waals surface area (Å²) in [7, 11) is 0. The summed E-state index contributed by atoms with van der Waals surface area (Å²) in [4.78, 5) is 12.6. The molecule has 1 saturated carbocycles. The highest BCUT2D eigenvalue weighted by molar-refractivity contribution is 6.00. The Hall–Kier alpha value is -2.67. The van der Waals surface area contributed by atoms with E-state index in [4.69, 9.17) is 0 Å². The van der Waals surface area contributed by atoms with Crippen molar-refractivity contribution in [3.63, 3.8) is 0 Å². The van der Waals surface area contributed by atoms with Crippen LogP contribution >= 0.6 is 0 Å². The zero-order valence-corrected chi connectivity index (χ0v) is 13.5. The molecule has 1 heteroatoms. The van der Waals surface area contributed by atoms with Crippen molar-refractivity contribution in [3.05, 3.63) is 102 Å². The smallest absolute Gasteiger partial charge is 0.166 e. The van der Waals surface area contributed by atoms with Gasteiger partial charge in [-0.1, -0.05) is 91.1 Å². The molecule has 0 radical (unpaired) electrons. The van der Waals surface area contributed by atoms with Crippen LogP contribution in [-0.4, -0.2) is 5.78 Å². The van der Waals surface area contributed by atoms with Crippen LogP contribution in [0.25, 0.3) is 6.08 Å². The van der Waals surface area contributed by atoms with E-state index in [1.54, 1.807) is 0 Å². The molecule has 2 aromatic rings. The number of benzene rings is 2. The largest absolute Gasteiger partial charge is 0.294 e. The third-order valence-electron chi connectivity index (χ3n) is 4.84. The quantitative estimate of drug-likeness (QED) is 0.673. The SMILES string of the molecule is O=C(c1ccc(C2C=CC=C2)cc1)[C@@H]1C[C@H]1/C=C/c1ccccc1. The number of carbonyl (C=O) groups excluding carboxylic acids is 1. The molecule has 0 aliphatic heterocycles. The van der Waals surface area contributed by atoms with Crippen molar-refractivity contribution in [1.82, 2.24) is 0 Å². The van der Waals surface area contributed by atoms with Gasteiger partial charge in [0.25, 0.3) is 0 Å². The molecular weight excluding hydrogens is 292 g/mol. The van der Waals surface area contributed by atoms with Crippen LogP contribution in [0, 0.1) is 11.8 Å². The van der Waals surface area contributed by atoms with Crippen LogP contribution in [0.15, 0.2) is 85.0 Å². The van der Waals surface area contributed by atoms with Gasteiger partial charge < -0.3 is 0 Å². The van der Waals surface area contributed by atoms with Gasteiger partial charge in [-0.25, -0.2) is 0 Å². The Bertz CT molecular complexity index is 797. The van der Waals surface area contributed by atoms with Gasteiger partial charge in [0.05, 0.1) is 0 Å². The van der Waals surface area contributed by atoms with Crippen LogP contribution < -0.4 is 0 Å². The topological polar surface area (TPSA) is 17.1 Å². The van der Waals surface area contributed by atoms with Crippen LogP contribution in [0.3, 0.4) is 0 Å². The molecule has 118 valence electrons. The molecule has 2 aliphatic rings. The molecule has 4 rings (SSSR count). The van der Waals surface area contributed by atoms with Crippen LogP contribution in [0.5, 0.6) is 0 Å². The van der Waals surface area contributed by atoms with Gasteiger partial charge in [-0.2, -0.15) is 0 Å². The minimum Gasteiger partial charge on any atom is -0.294 e. The lowest BCUT2D eigenvalue weighted by Crippen LogP contribution is -2.03. The first-order valence-electron chi connectivity index (χ1n) is 8.54. The third kappa shape index (κ3) is 3.16. The number of allylic oxidation sites excluding steroid dienone is 5. The Morgan fingerprint density at radius 1 is 0.917 bits per heavy atom. The predicted molar refractivity (Wildman–Crippen MR) is 98.9 cm³/mol. The highest BCUT2D eigenvalue weighted by Crippen LogP contribution is 2.42. The maximum absolute atomic E-state index is 12.6. The standard InChI is InChI=1S/C23H20O/c24-23(20-14-12-19(13-15-20)18-8-4-5-9-18)22-16-21(22)11-10-17-6-2-1-3-7-17/h1-15,18,21-22H,16H2/b11-10+/t21-,22-/m1/s1. The van der Waals surface area contributed by atoms with E-state index >= 15 is 0 Å². The van der Waals surface area contributed by atoms with E-state index in [1.165, 1.54) is 11.1 Å². The Labute approximate surface area is 143 Å². The molecule has 0 heterocycles. The van der Waals surface area contributed by atoms with Crippen molar-refractivity contribution < 1.29 is 4.79 Å². The van der Waals surface area contributed by atoms with Crippen molar-refractivity contribution in [1.29, 1.82) is 0 Å². The fourth-order valence-electron chi connectivity index (χ4n) is 3.27. The molecule has 2 aromatic carbocycles. The number of ketones is 1. The lowest BCUT2D eigenvalue weighted by Gasteiger charge is -2.07. The van der Waals surface area contributed by atoms with E-state index in [-0.39, 0.29) is 11.7 Å². The fraction of sp³-hybridized carbons (Fsp3) is 0.174. The second-order valence-electron chi connectivity index (χ2n) is 6.56. The van der Waals surface area contributed by atoms with Crippen LogP contribution in [-0.2, 0) is 0 Å². The molecule has 0 amide bonds. The molecule has 1 nitrogen and oxygen atoms in total. The number of carbonyl (C=O) groups is 1. The fourth-order valence-corrected chi connectivity index (χ4v) is 3.27. The van der Waals surface area contributed by atoms with Crippen molar-refractivity contribution in [3.8, 4) is 0 Å². The molecule has 0 unspecified atom stereocenters. The molecule has 0 aromatic heterocycles. The number of hydrogen-bond donors (Lipinski definition) is 0. The van der Waals surface area contributed by atoms with Gasteiger partial charge in [0.1, 0.15) is 0 Å². The van der Waals surface area contributed by atoms with E-state index in [0.29, 0.717) is 11.8 Å². The summed E-state index contributed by atoms with van der Waals surface area (Å²) in [5, 5.41) is 0. The predicted octanol–water partition coefficient (Wildman–Crippen LogP) is 5.43. The monoisotopic (exact) mass is 312 g/mol. The van der Waals surface area contributed by atoms with Crippen molar-refractivity contribution in [2.45, 2.75) is 12.3 Å². The Balaban J connectivity index is 1.39. The van der Waals surface area contributed by atoms with Gasteiger partial charge in [0.2, 0.25) is 0 Å². The molecule has 2 atom stereocenters. The zero-order valence-electron chi connectivity index (χ0n) is 13.5.